The monoisotopic (exact) mass is 646 g/mol. The Labute approximate surface area is 285 Å². The minimum atomic E-state index is -0.833. The van der Waals surface area contributed by atoms with Crippen molar-refractivity contribution in [3.8, 4) is 0 Å². The molecule has 0 heterocycles. The van der Waals surface area contributed by atoms with E-state index >= 15 is 0 Å². The fourth-order valence-corrected chi connectivity index (χ4v) is 6.29. The zero-order valence-corrected chi connectivity index (χ0v) is 31.7. The molecule has 0 rings (SSSR count). The van der Waals surface area contributed by atoms with Gasteiger partial charge in [-0.25, -0.2) is 4.79 Å². The van der Waals surface area contributed by atoms with Gasteiger partial charge in [-0.3, -0.25) is 0 Å². The molecule has 0 aromatic rings. The Morgan fingerprint density at radius 2 is 0.500 bits per heavy atom. The molecule has 0 saturated carbocycles. The molecule has 44 heavy (non-hydrogen) atoms. The lowest BCUT2D eigenvalue weighted by atomic mass is 10.0. The molecule has 0 radical (unpaired) electrons. The minimum Gasteiger partial charge on any atom is -1.00 e. The second-order valence-corrected chi connectivity index (χ2v) is 14.4. The highest BCUT2D eigenvalue weighted by Crippen LogP contribution is 2.16. The van der Waals surface area contributed by atoms with Gasteiger partial charge in [-0.15, -0.1) is 0 Å². The molecule has 0 spiro atoms. The molecule has 0 aromatic carbocycles. The van der Waals surface area contributed by atoms with Crippen LogP contribution in [0.2, 0.25) is 0 Å². The van der Waals surface area contributed by atoms with Gasteiger partial charge in [0.25, 0.3) is 0 Å². The van der Waals surface area contributed by atoms with Gasteiger partial charge in [0.1, 0.15) is 0 Å². The number of quaternary nitrogens is 1. The second-order valence-electron chi connectivity index (χ2n) is 14.4. The Bertz CT molecular complexity index is 487. The van der Waals surface area contributed by atoms with E-state index in [4.69, 9.17) is 4.79 Å². The molecule has 0 saturated heterocycles. The Balaban J connectivity index is -0.00000315. The molecule has 0 atom stereocenters. The minimum absolute atomic E-state index is 0. The fraction of sp³-hybridized carbons (Fsp3) is 0.974. The van der Waals surface area contributed by atoms with E-state index in [1.54, 1.807) is 0 Å². The molecule has 0 aromatic heterocycles. The van der Waals surface area contributed by atoms with Crippen LogP contribution in [0.25, 0.3) is 0 Å². The maximum Gasteiger partial charge on any atom is 0.309 e. The molecule has 2 amide bonds. The van der Waals surface area contributed by atoms with Gasteiger partial charge in [0.2, 0.25) is 0 Å². The largest absolute Gasteiger partial charge is 1.00 e. The predicted octanol–water partition coefficient (Wildman–Crippen LogP) is 9.61. The molecular formula is C39H84ClN3O. The summed E-state index contributed by atoms with van der Waals surface area (Å²) >= 11 is 0. The first-order chi connectivity index (χ1) is 20.9. The Hall–Kier alpha value is -0.480. The van der Waals surface area contributed by atoms with E-state index < -0.39 is 6.03 Å². The van der Waals surface area contributed by atoms with Crippen LogP contribution in [-0.4, -0.2) is 37.7 Å². The number of unbranched alkanes of at least 4 members (excludes halogenated alkanes) is 30. The highest BCUT2D eigenvalue weighted by molar-refractivity contribution is 5.69. The molecule has 0 aliphatic carbocycles. The first-order valence-electron chi connectivity index (χ1n) is 19.7. The Morgan fingerprint density at radius 3 is 0.659 bits per heavy atom. The van der Waals surface area contributed by atoms with E-state index in [1.165, 1.54) is 223 Å². The van der Waals surface area contributed by atoms with Crippen LogP contribution >= 0.6 is 0 Å². The van der Waals surface area contributed by atoms with Gasteiger partial charge in [-0.2, -0.15) is 0 Å². The van der Waals surface area contributed by atoms with E-state index in [9.17, 15) is 0 Å². The lowest BCUT2D eigenvalue weighted by Gasteiger charge is -2.30. The standard InChI is InChI=1S/C38H80N.CH4N2O.ClH/c1-5-7-9-11-13-15-17-19-21-23-25-27-29-31-33-35-37-39(3,4)38-36-34-32-30-28-26-24-22-20-18-16-14-12-10-8-6-2;2-1(3)4;/h5-38H2,1-4H3;(H4,2,3,4);1H/q+1;;/p-1. The number of halogens is 1. The Morgan fingerprint density at radius 1 is 0.364 bits per heavy atom. The van der Waals surface area contributed by atoms with Gasteiger partial charge in [-0.1, -0.05) is 194 Å². The van der Waals surface area contributed by atoms with Crippen LogP contribution in [0.5, 0.6) is 0 Å². The summed E-state index contributed by atoms with van der Waals surface area (Å²) in [6.45, 7) is 7.39. The summed E-state index contributed by atoms with van der Waals surface area (Å²) in [7, 11) is 4.94. The molecule has 0 aliphatic rings. The number of nitrogens with two attached hydrogens (primary N) is 2. The van der Waals surface area contributed by atoms with Crippen LogP contribution in [-0.2, 0) is 0 Å². The molecule has 4 nitrogen and oxygen atoms in total. The Kier molecular flexibility index (Phi) is 44.2. The van der Waals surface area contributed by atoms with Crippen molar-refractivity contribution in [1.82, 2.24) is 0 Å². The number of amides is 2. The molecule has 0 fully saturated rings. The normalized spacial score (nSPS) is 11.2. The number of hydrogen-bond acceptors (Lipinski definition) is 1. The predicted molar refractivity (Wildman–Crippen MR) is 195 cm³/mol. The topological polar surface area (TPSA) is 69.1 Å². The lowest BCUT2D eigenvalue weighted by molar-refractivity contribution is -0.890. The average Bonchev–Trinajstić information content (AvgIpc) is 2.96. The van der Waals surface area contributed by atoms with Crippen LogP contribution in [0.4, 0.5) is 4.79 Å². The smallest absolute Gasteiger partial charge is 0.309 e. The number of hydrogen-bond donors (Lipinski definition) is 2. The SMILES string of the molecule is CCCCCCCCCCCCCCCCCC[N+](C)(C)CCCCCCCCCCCCCCCCCC.NC(N)=O.[Cl-]. The van der Waals surface area contributed by atoms with Crippen molar-refractivity contribution in [1.29, 1.82) is 0 Å². The van der Waals surface area contributed by atoms with E-state index in [-0.39, 0.29) is 12.4 Å². The van der Waals surface area contributed by atoms with Crippen molar-refractivity contribution in [2.75, 3.05) is 27.2 Å². The maximum absolute atomic E-state index is 9.00. The van der Waals surface area contributed by atoms with Crippen molar-refractivity contribution >= 4 is 6.03 Å². The van der Waals surface area contributed by atoms with Crippen molar-refractivity contribution in [3.05, 3.63) is 0 Å². The number of primary amides is 2. The molecule has 268 valence electrons. The molecule has 5 heteroatoms. The molecule has 0 aliphatic heterocycles. The van der Waals surface area contributed by atoms with Gasteiger partial charge >= 0.3 is 6.03 Å². The zero-order valence-electron chi connectivity index (χ0n) is 30.9. The van der Waals surface area contributed by atoms with Gasteiger partial charge < -0.3 is 28.4 Å². The van der Waals surface area contributed by atoms with Gasteiger partial charge in [0, 0.05) is 0 Å². The first-order valence-corrected chi connectivity index (χ1v) is 19.7. The molecule has 0 unspecified atom stereocenters. The summed E-state index contributed by atoms with van der Waals surface area (Å²) in [6.07, 6.45) is 46.9. The van der Waals surface area contributed by atoms with Crippen LogP contribution in [0.1, 0.15) is 219 Å². The fourth-order valence-electron chi connectivity index (χ4n) is 6.29. The van der Waals surface area contributed by atoms with Gasteiger partial charge in [0.15, 0.2) is 0 Å². The summed E-state index contributed by atoms with van der Waals surface area (Å²) in [6, 6.07) is -0.833. The highest BCUT2D eigenvalue weighted by atomic mass is 35.5. The van der Waals surface area contributed by atoms with Crippen molar-refractivity contribution in [2.24, 2.45) is 11.5 Å². The molecular weight excluding hydrogens is 562 g/mol. The van der Waals surface area contributed by atoms with Crippen LogP contribution in [0.15, 0.2) is 0 Å². The number of urea groups is 1. The second kappa shape index (κ2) is 40.5. The molecule has 0 bridgehead atoms. The first kappa shape index (κ1) is 47.9. The van der Waals surface area contributed by atoms with Gasteiger partial charge in [0.05, 0.1) is 27.2 Å². The van der Waals surface area contributed by atoms with Crippen molar-refractivity contribution in [2.45, 2.75) is 219 Å². The highest BCUT2D eigenvalue weighted by Gasteiger charge is 2.13. The van der Waals surface area contributed by atoms with Crippen molar-refractivity contribution in [3.63, 3.8) is 0 Å². The number of carbonyl (C=O) groups is 1. The summed E-state index contributed by atoms with van der Waals surface area (Å²) in [5.74, 6) is 0. The average molecular weight is 647 g/mol. The summed E-state index contributed by atoms with van der Waals surface area (Å²) in [5.41, 5.74) is 8.50. The van der Waals surface area contributed by atoms with Gasteiger partial charge in [-0.05, 0) is 25.7 Å². The quantitative estimate of drug-likeness (QED) is 0.0531. The lowest BCUT2D eigenvalue weighted by Crippen LogP contribution is -3.00. The van der Waals surface area contributed by atoms with Crippen LogP contribution in [0, 0.1) is 0 Å². The van der Waals surface area contributed by atoms with E-state index in [0.29, 0.717) is 0 Å². The van der Waals surface area contributed by atoms with E-state index in [2.05, 4.69) is 39.4 Å². The number of rotatable bonds is 34. The van der Waals surface area contributed by atoms with Crippen LogP contribution in [0.3, 0.4) is 0 Å². The third-order valence-corrected chi connectivity index (χ3v) is 9.23. The number of carbonyl (C=O) groups excluding carboxylic acids is 1. The zero-order chi connectivity index (χ0) is 32.1. The van der Waals surface area contributed by atoms with E-state index in [0.717, 1.165) is 0 Å². The summed E-state index contributed by atoms with van der Waals surface area (Å²) < 4.78 is 1.25. The third-order valence-electron chi connectivity index (χ3n) is 9.23. The summed E-state index contributed by atoms with van der Waals surface area (Å²) in [5, 5.41) is 0. The van der Waals surface area contributed by atoms with E-state index in [1.807, 2.05) is 0 Å². The van der Waals surface area contributed by atoms with Crippen molar-refractivity contribution < 1.29 is 21.7 Å². The third kappa shape index (κ3) is 48.4. The van der Waals surface area contributed by atoms with Crippen LogP contribution < -0.4 is 23.9 Å². The maximum atomic E-state index is 9.00. The number of nitrogens with zero attached hydrogens (tertiary/aromatic N) is 1. The molecule has 4 N–H and O–H groups in total. The summed E-state index contributed by atoms with van der Waals surface area (Å²) in [4.78, 5) is 9.00.